The van der Waals surface area contributed by atoms with E-state index in [1.54, 1.807) is 12.3 Å². The van der Waals surface area contributed by atoms with Crippen LogP contribution in [0.5, 0.6) is 0 Å². The molecule has 0 spiro atoms. The van der Waals surface area contributed by atoms with E-state index in [0.29, 0.717) is 29.7 Å². The number of hydrogen-bond acceptors (Lipinski definition) is 3. The number of H-pyrrole nitrogens is 1. The first-order valence-electron chi connectivity index (χ1n) is 6.36. The number of rotatable bonds is 6. The molecule has 0 saturated heterocycles. The second-order valence-corrected chi connectivity index (χ2v) is 5.43. The van der Waals surface area contributed by atoms with Gasteiger partial charge in [-0.05, 0) is 18.6 Å². The lowest BCUT2D eigenvalue weighted by Gasteiger charge is -2.21. The van der Waals surface area contributed by atoms with Crippen molar-refractivity contribution in [2.45, 2.75) is 20.0 Å². The van der Waals surface area contributed by atoms with Gasteiger partial charge in [0, 0.05) is 31.5 Å². The summed E-state index contributed by atoms with van der Waals surface area (Å²) in [5.41, 5.74) is 1.96. The molecule has 1 aromatic carbocycles. The van der Waals surface area contributed by atoms with Crippen molar-refractivity contribution in [1.82, 2.24) is 14.9 Å². The monoisotopic (exact) mass is 313 g/mol. The first kappa shape index (κ1) is 15.3. The molecule has 1 heterocycles. The van der Waals surface area contributed by atoms with Crippen LogP contribution >= 0.6 is 23.2 Å². The Morgan fingerprint density at radius 1 is 1.30 bits per heavy atom. The van der Waals surface area contributed by atoms with Crippen molar-refractivity contribution in [2.75, 3.05) is 13.2 Å². The fourth-order valence-electron chi connectivity index (χ4n) is 2.06. The molecular weight excluding hydrogens is 297 g/mol. The Hall–Kier alpha value is -1.07. The average Bonchev–Trinajstić information content (AvgIpc) is 2.81. The van der Waals surface area contributed by atoms with Gasteiger partial charge in [-0.15, -0.1) is 0 Å². The van der Waals surface area contributed by atoms with Gasteiger partial charge in [0.1, 0.15) is 5.82 Å². The van der Waals surface area contributed by atoms with Crippen LogP contribution in [0.3, 0.4) is 0 Å². The third-order valence-corrected chi connectivity index (χ3v) is 3.85. The van der Waals surface area contributed by atoms with E-state index < -0.39 is 0 Å². The largest absolute Gasteiger partial charge is 0.395 e. The smallest absolute Gasteiger partial charge is 0.103 e. The number of benzene rings is 1. The van der Waals surface area contributed by atoms with Crippen LogP contribution in [0.1, 0.15) is 17.1 Å². The SMILES string of the molecule is Cc1ncc(CN(CCO)Cc2cccc(Cl)c2Cl)[nH]1. The second kappa shape index (κ2) is 7.09. The van der Waals surface area contributed by atoms with Gasteiger partial charge in [0.25, 0.3) is 0 Å². The molecule has 4 nitrogen and oxygen atoms in total. The Kier molecular flexibility index (Phi) is 5.43. The summed E-state index contributed by atoms with van der Waals surface area (Å²) in [5.74, 6) is 0.879. The van der Waals surface area contributed by atoms with E-state index >= 15 is 0 Å². The van der Waals surface area contributed by atoms with Gasteiger partial charge in [0.15, 0.2) is 0 Å². The fraction of sp³-hybridized carbons (Fsp3) is 0.357. The Morgan fingerprint density at radius 2 is 2.10 bits per heavy atom. The van der Waals surface area contributed by atoms with Crippen molar-refractivity contribution in [2.24, 2.45) is 0 Å². The summed E-state index contributed by atoms with van der Waals surface area (Å²) >= 11 is 12.2. The van der Waals surface area contributed by atoms with E-state index in [4.69, 9.17) is 23.2 Å². The maximum Gasteiger partial charge on any atom is 0.103 e. The molecule has 0 fully saturated rings. The van der Waals surface area contributed by atoms with Crippen LogP contribution in [0, 0.1) is 6.92 Å². The van der Waals surface area contributed by atoms with Crippen molar-refractivity contribution in [3.63, 3.8) is 0 Å². The predicted molar refractivity (Wildman–Crippen MR) is 81.0 cm³/mol. The van der Waals surface area contributed by atoms with Crippen LogP contribution < -0.4 is 0 Å². The van der Waals surface area contributed by atoms with Crippen LogP contribution in [0.2, 0.25) is 10.0 Å². The third kappa shape index (κ3) is 3.96. The topological polar surface area (TPSA) is 52.1 Å². The molecule has 0 saturated carbocycles. The number of aliphatic hydroxyl groups is 1. The quantitative estimate of drug-likeness (QED) is 0.862. The van der Waals surface area contributed by atoms with Crippen LogP contribution in [-0.4, -0.2) is 33.1 Å². The zero-order chi connectivity index (χ0) is 14.5. The highest BCUT2D eigenvalue weighted by molar-refractivity contribution is 6.42. The molecule has 0 unspecified atom stereocenters. The standard InChI is InChI=1S/C14H17Cl2N3O/c1-10-17-7-12(18-10)9-19(5-6-20)8-11-3-2-4-13(15)14(11)16/h2-4,7,20H,5-6,8-9H2,1H3,(H,17,18). The Balaban J connectivity index is 2.10. The number of aryl methyl sites for hydroxylation is 1. The Bertz CT molecular complexity index is 571. The molecule has 0 radical (unpaired) electrons. The summed E-state index contributed by atoms with van der Waals surface area (Å²) in [6, 6.07) is 5.58. The van der Waals surface area contributed by atoms with Gasteiger partial charge in [-0.1, -0.05) is 35.3 Å². The molecule has 0 bridgehead atoms. The number of aromatic nitrogens is 2. The van der Waals surface area contributed by atoms with Crippen molar-refractivity contribution in [3.05, 3.63) is 51.5 Å². The lowest BCUT2D eigenvalue weighted by atomic mass is 10.2. The van der Waals surface area contributed by atoms with Gasteiger partial charge >= 0.3 is 0 Å². The number of nitrogens with zero attached hydrogens (tertiary/aromatic N) is 2. The Morgan fingerprint density at radius 3 is 2.75 bits per heavy atom. The van der Waals surface area contributed by atoms with Gasteiger partial charge in [0.2, 0.25) is 0 Å². The van der Waals surface area contributed by atoms with E-state index in [1.165, 1.54) is 0 Å². The summed E-state index contributed by atoms with van der Waals surface area (Å²) in [7, 11) is 0. The summed E-state index contributed by atoms with van der Waals surface area (Å²) in [5, 5.41) is 10.3. The number of nitrogens with one attached hydrogen (secondary N) is 1. The highest BCUT2D eigenvalue weighted by Crippen LogP contribution is 2.26. The summed E-state index contributed by atoms with van der Waals surface area (Å²) in [6.45, 7) is 3.85. The zero-order valence-corrected chi connectivity index (χ0v) is 12.7. The molecule has 0 amide bonds. The van der Waals surface area contributed by atoms with Crippen LogP contribution in [0.25, 0.3) is 0 Å². The summed E-state index contributed by atoms with van der Waals surface area (Å²) in [6.07, 6.45) is 1.80. The highest BCUT2D eigenvalue weighted by atomic mass is 35.5. The van der Waals surface area contributed by atoms with E-state index in [2.05, 4.69) is 14.9 Å². The third-order valence-electron chi connectivity index (χ3n) is 2.99. The fourth-order valence-corrected chi connectivity index (χ4v) is 2.44. The van der Waals surface area contributed by atoms with Gasteiger partial charge < -0.3 is 10.1 Å². The van der Waals surface area contributed by atoms with Gasteiger partial charge in [-0.3, -0.25) is 4.90 Å². The first-order chi connectivity index (χ1) is 9.60. The lowest BCUT2D eigenvalue weighted by molar-refractivity contribution is 0.183. The molecule has 6 heteroatoms. The summed E-state index contributed by atoms with van der Waals surface area (Å²) < 4.78 is 0. The van der Waals surface area contributed by atoms with Crippen molar-refractivity contribution < 1.29 is 5.11 Å². The zero-order valence-electron chi connectivity index (χ0n) is 11.2. The minimum atomic E-state index is 0.0886. The molecule has 20 heavy (non-hydrogen) atoms. The summed E-state index contributed by atoms with van der Waals surface area (Å²) in [4.78, 5) is 9.45. The second-order valence-electron chi connectivity index (χ2n) is 4.64. The van der Waals surface area contributed by atoms with Gasteiger partial charge in [-0.25, -0.2) is 4.98 Å². The number of halogens is 2. The molecular formula is C14H17Cl2N3O. The number of imidazole rings is 1. The molecule has 0 aliphatic heterocycles. The van der Waals surface area contributed by atoms with E-state index in [1.807, 2.05) is 19.1 Å². The first-order valence-corrected chi connectivity index (χ1v) is 7.12. The Labute approximate surface area is 128 Å². The highest BCUT2D eigenvalue weighted by Gasteiger charge is 2.11. The maximum atomic E-state index is 9.20. The van der Waals surface area contributed by atoms with E-state index in [-0.39, 0.29) is 6.61 Å². The van der Waals surface area contributed by atoms with Crippen LogP contribution in [0.4, 0.5) is 0 Å². The molecule has 108 valence electrons. The van der Waals surface area contributed by atoms with Crippen molar-refractivity contribution in [3.8, 4) is 0 Å². The van der Waals surface area contributed by atoms with Gasteiger partial charge in [0.05, 0.1) is 16.7 Å². The van der Waals surface area contributed by atoms with Crippen LogP contribution in [0.15, 0.2) is 24.4 Å². The average molecular weight is 314 g/mol. The van der Waals surface area contributed by atoms with E-state index in [9.17, 15) is 5.11 Å². The number of aromatic amines is 1. The molecule has 2 N–H and O–H groups in total. The molecule has 0 aliphatic rings. The normalized spacial score (nSPS) is 11.2. The van der Waals surface area contributed by atoms with Crippen molar-refractivity contribution >= 4 is 23.2 Å². The lowest BCUT2D eigenvalue weighted by Crippen LogP contribution is -2.26. The number of aliphatic hydroxyl groups excluding tert-OH is 1. The predicted octanol–water partition coefficient (Wildman–Crippen LogP) is 3.02. The van der Waals surface area contributed by atoms with Crippen LogP contribution in [-0.2, 0) is 13.1 Å². The molecule has 0 atom stereocenters. The van der Waals surface area contributed by atoms with E-state index in [0.717, 1.165) is 17.1 Å². The maximum absolute atomic E-state index is 9.20. The molecule has 2 rings (SSSR count). The molecule has 0 aliphatic carbocycles. The minimum Gasteiger partial charge on any atom is -0.395 e. The van der Waals surface area contributed by atoms with Gasteiger partial charge in [-0.2, -0.15) is 0 Å². The molecule has 1 aromatic heterocycles. The molecule has 2 aromatic rings. The van der Waals surface area contributed by atoms with Crippen molar-refractivity contribution in [1.29, 1.82) is 0 Å². The number of hydrogen-bond donors (Lipinski definition) is 2. The minimum absolute atomic E-state index is 0.0886.